The Morgan fingerprint density at radius 1 is 1.43 bits per heavy atom. The monoisotopic (exact) mass is 313 g/mol. The zero-order chi connectivity index (χ0) is 15.5. The van der Waals surface area contributed by atoms with E-state index in [0.29, 0.717) is 12.3 Å². The van der Waals surface area contributed by atoms with Crippen molar-refractivity contribution in [3.63, 3.8) is 0 Å². The van der Waals surface area contributed by atoms with Crippen molar-refractivity contribution in [3.8, 4) is 0 Å². The van der Waals surface area contributed by atoms with E-state index in [9.17, 15) is 13.5 Å². The van der Waals surface area contributed by atoms with Crippen molar-refractivity contribution in [1.82, 2.24) is 0 Å². The maximum Gasteiger partial charge on any atom is 0.264 e. The smallest absolute Gasteiger partial charge is 0.264 e. The molecule has 0 saturated carbocycles. The first-order valence-corrected chi connectivity index (χ1v) is 8.54. The molecule has 0 amide bonds. The standard InChI is InChI=1S/C14H19NO5S/c1-3-12(20-21(2,17)18)13(16)11-9-19-14(15-11)10-7-5-4-6-8-10/h4-8,11-13,16H,3,9H2,1-2H3/t11-,12+,13-/m0/s1. The van der Waals surface area contributed by atoms with Crippen LogP contribution in [0.15, 0.2) is 35.3 Å². The van der Waals surface area contributed by atoms with Crippen LogP contribution in [0.4, 0.5) is 0 Å². The zero-order valence-electron chi connectivity index (χ0n) is 12.0. The second-order valence-electron chi connectivity index (χ2n) is 4.92. The lowest BCUT2D eigenvalue weighted by Gasteiger charge is -2.22. The van der Waals surface area contributed by atoms with Gasteiger partial charge in [-0.15, -0.1) is 0 Å². The minimum Gasteiger partial charge on any atom is -0.475 e. The molecular weight excluding hydrogens is 294 g/mol. The summed E-state index contributed by atoms with van der Waals surface area (Å²) < 4.78 is 32.8. The lowest BCUT2D eigenvalue weighted by Crippen LogP contribution is -2.39. The maximum atomic E-state index is 11.2. The van der Waals surface area contributed by atoms with Gasteiger partial charge in [0, 0.05) is 5.56 Å². The molecule has 1 aliphatic heterocycles. The van der Waals surface area contributed by atoms with Crippen LogP contribution in [0.2, 0.25) is 0 Å². The summed E-state index contributed by atoms with van der Waals surface area (Å²) >= 11 is 0. The summed E-state index contributed by atoms with van der Waals surface area (Å²) in [7, 11) is -3.62. The highest BCUT2D eigenvalue weighted by molar-refractivity contribution is 7.86. The highest BCUT2D eigenvalue weighted by atomic mass is 32.2. The van der Waals surface area contributed by atoms with Gasteiger partial charge in [-0.3, -0.25) is 4.18 Å². The van der Waals surface area contributed by atoms with E-state index in [2.05, 4.69) is 4.99 Å². The fourth-order valence-electron chi connectivity index (χ4n) is 2.14. The molecule has 21 heavy (non-hydrogen) atoms. The summed E-state index contributed by atoms with van der Waals surface area (Å²) in [5, 5.41) is 10.3. The highest BCUT2D eigenvalue weighted by Crippen LogP contribution is 2.19. The van der Waals surface area contributed by atoms with Crippen LogP contribution in [-0.4, -0.2) is 50.5 Å². The van der Waals surface area contributed by atoms with Gasteiger partial charge >= 0.3 is 0 Å². The third-order valence-electron chi connectivity index (χ3n) is 3.17. The molecule has 7 heteroatoms. The van der Waals surface area contributed by atoms with Gasteiger partial charge in [-0.2, -0.15) is 8.42 Å². The Morgan fingerprint density at radius 3 is 2.67 bits per heavy atom. The summed E-state index contributed by atoms with van der Waals surface area (Å²) in [6.45, 7) is 1.95. The van der Waals surface area contributed by atoms with E-state index in [4.69, 9.17) is 8.92 Å². The molecule has 0 spiro atoms. The number of rotatable bonds is 6. The number of aliphatic hydroxyl groups excluding tert-OH is 1. The van der Waals surface area contributed by atoms with Crippen LogP contribution in [0.5, 0.6) is 0 Å². The molecule has 1 aromatic carbocycles. The summed E-state index contributed by atoms with van der Waals surface area (Å²) in [4.78, 5) is 4.33. The van der Waals surface area contributed by atoms with Crippen LogP contribution < -0.4 is 0 Å². The molecule has 1 heterocycles. The molecule has 1 N–H and O–H groups in total. The number of aliphatic hydroxyl groups is 1. The Kier molecular flexibility index (Phi) is 4.97. The third kappa shape index (κ3) is 4.26. The number of hydrogen-bond donors (Lipinski definition) is 1. The molecule has 6 nitrogen and oxygen atoms in total. The molecule has 0 aromatic heterocycles. The second-order valence-corrected chi connectivity index (χ2v) is 6.52. The normalized spacial score (nSPS) is 21.5. The molecule has 0 saturated heterocycles. The highest BCUT2D eigenvalue weighted by Gasteiger charge is 2.34. The maximum absolute atomic E-state index is 11.2. The average Bonchev–Trinajstić information content (AvgIpc) is 2.94. The SMILES string of the molecule is CC[C@@H](OS(C)(=O)=O)[C@@H](O)[C@@H]1COC(c2ccccc2)=N1. The van der Waals surface area contributed by atoms with Crippen molar-refractivity contribution in [2.24, 2.45) is 4.99 Å². The number of nitrogens with zero attached hydrogens (tertiary/aromatic N) is 1. The molecule has 116 valence electrons. The molecule has 0 bridgehead atoms. The fraction of sp³-hybridized carbons (Fsp3) is 0.500. The number of ether oxygens (including phenoxy) is 1. The van der Waals surface area contributed by atoms with Crippen molar-refractivity contribution >= 4 is 16.0 Å². The fourth-order valence-corrected chi connectivity index (χ4v) is 2.84. The van der Waals surface area contributed by atoms with Gasteiger partial charge in [0.1, 0.15) is 24.9 Å². The Labute approximate surface area is 124 Å². The van der Waals surface area contributed by atoms with Crippen molar-refractivity contribution in [2.45, 2.75) is 31.6 Å². The largest absolute Gasteiger partial charge is 0.475 e. The van der Waals surface area contributed by atoms with Gasteiger partial charge in [-0.1, -0.05) is 25.1 Å². The predicted molar refractivity (Wildman–Crippen MR) is 78.7 cm³/mol. The topological polar surface area (TPSA) is 85.2 Å². The Bertz CT molecular complexity index is 599. The van der Waals surface area contributed by atoms with Crippen LogP contribution in [0.3, 0.4) is 0 Å². The van der Waals surface area contributed by atoms with Gasteiger partial charge in [0.05, 0.1) is 6.26 Å². The summed E-state index contributed by atoms with van der Waals surface area (Å²) in [6.07, 6.45) is -0.536. The third-order valence-corrected chi connectivity index (χ3v) is 3.77. The average molecular weight is 313 g/mol. The van der Waals surface area contributed by atoms with Crippen LogP contribution in [-0.2, 0) is 19.0 Å². The van der Waals surface area contributed by atoms with Crippen LogP contribution in [0, 0.1) is 0 Å². The zero-order valence-corrected chi connectivity index (χ0v) is 12.8. The van der Waals surface area contributed by atoms with Crippen molar-refractivity contribution in [2.75, 3.05) is 12.9 Å². The summed E-state index contributed by atoms with van der Waals surface area (Å²) in [5.74, 6) is 0.453. The van der Waals surface area contributed by atoms with E-state index in [1.165, 1.54) is 0 Å². The van der Waals surface area contributed by atoms with Crippen molar-refractivity contribution in [3.05, 3.63) is 35.9 Å². The molecule has 1 aromatic rings. The molecule has 1 aliphatic rings. The Hall–Kier alpha value is -1.44. The Morgan fingerprint density at radius 2 is 2.10 bits per heavy atom. The number of aliphatic imine (C=N–C) groups is 1. The molecule has 0 radical (unpaired) electrons. The molecule has 0 fully saturated rings. The molecule has 0 unspecified atom stereocenters. The van der Waals surface area contributed by atoms with Gasteiger partial charge in [0.25, 0.3) is 10.1 Å². The van der Waals surface area contributed by atoms with Crippen LogP contribution in [0.1, 0.15) is 18.9 Å². The number of benzene rings is 1. The van der Waals surface area contributed by atoms with E-state index < -0.39 is 28.4 Å². The first-order chi connectivity index (χ1) is 9.90. The summed E-state index contributed by atoms with van der Waals surface area (Å²) in [6, 6.07) is 8.81. The lowest BCUT2D eigenvalue weighted by atomic mass is 10.1. The van der Waals surface area contributed by atoms with Crippen molar-refractivity contribution < 1.29 is 22.4 Å². The molecule has 3 atom stereocenters. The van der Waals surface area contributed by atoms with Gasteiger partial charge in [0.15, 0.2) is 0 Å². The summed E-state index contributed by atoms with van der Waals surface area (Å²) in [5.41, 5.74) is 0.823. The minimum absolute atomic E-state index is 0.203. The molecular formula is C14H19NO5S. The molecule has 0 aliphatic carbocycles. The predicted octanol–water partition coefficient (Wildman–Crippen LogP) is 0.948. The number of hydrogen-bond acceptors (Lipinski definition) is 6. The second kappa shape index (κ2) is 6.55. The van der Waals surface area contributed by atoms with E-state index in [-0.39, 0.29) is 6.61 Å². The quantitative estimate of drug-likeness (QED) is 0.790. The van der Waals surface area contributed by atoms with E-state index in [0.717, 1.165) is 11.8 Å². The van der Waals surface area contributed by atoms with E-state index >= 15 is 0 Å². The van der Waals surface area contributed by atoms with Crippen molar-refractivity contribution in [1.29, 1.82) is 0 Å². The minimum atomic E-state index is -3.62. The first-order valence-electron chi connectivity index (χ1n) is 6.73. The lowest BCUT2D eigenvalue weighted by molar-refractivity contribution is 0.0171. The van der Waals surface area contributed by atoms with Crippen LogP contribution in [0.25, 0.3) is 0 Å². The van der Waals surface area contributed by atoms with Gasteiger partial charge in [-0.05, 0) is 18.6 Å². The van der Waals surface area contributed by atoms with Gasteiger partial charge < -0.3 is 9.84 Å². The van der Waals surface area contributed by atoms with Gasteiger partial charge in [-0.25, -0.2) is 4.99 Å². The van der Waals surface area contributed by atoms with Gasteiger partial charge in [0.2, 0.25) is 5.90 Å². The first kappa shape index (κ1) is 15.9. The van der Waals surface area contributed by atoms with Crippen LogP contribution >= 0.6 is 0 Å². The Balaban J connectivity index is 2.10. The van der Waals surface area contributed by atoms with E-state index in [1.54, 1.807) is 6.92 Å². The molecule has 2 rings (SSSR count). The van der Waals surface area contributed by atoms with E-state index in [1.807, 2.05) is 30.3 Å².